The predicted octanol–water partition coefficient (Wildman–Crippen LogP) is 1.16. The summed E-state index contributed by atoms with van der Waals surface area (Å²) in [5, 5.41) is 3.00. The summed E-state index contributed by atoms with van der Waals surface area (Å²) in [6.45, 7) is 8.41. The van der Waals surface area contributed by atoms with Gasteiger partial charge in [0.25, 0.3) is 0 Å². The number of H-pyrrole nitrogens is 1. The zero-order valence-electron chi connectivity index (χ0n) is 16.2. The lowest BCUT2D eigenvalue weighted by Crippen LogP contribution is -2.50. The maximum Gasteiger partial charge on any atom is 0.224 e. The molecule has 26 heavy (non-hydrogen) atoms. The number of nitrogens with zero attached hydrogens (tertiary/aromatic N) is 3. The molecule has 1 amide bonds. The lowest BCUT2D eigenvalue weighted by atomic mass is 9.93. The van der Waals surface area contributed by atoms with E-state index in [4.69, 9.17) is 4.74 Å². The van der Waals surface area contributed by atoms with Gasteiger partial charge in [-0.1, -0.05) is 0 Å². The monoisotopic (exact) mass is 363 g/mol. The number of ether oxygens (including phenoxy) is 1. The van der Waals surface area contributed by atoms with Crippen LogP contribution in [0.1, 0.15) is 37.2 Å². The van der Waals surface area contributed by atoms with Crippen LogP contribution in [0.4, 0.5) is 0 Å². The fraction of sp³-hybridized carbons (Fsp3) is 0.789. The van der Waals surface area contributed by atoms with Gasteiger partial charge in [-0.25, -0.2) is 4.98 Å². The lowest BCUT2D eigenvalue weighted by molar-refractivity contribution is -0.127. The number of aromatic nitrogens is 2. The first-order valence-corrected chi connectivity index (χ1v) is 9.89. The summed E-state index contributed by atoms with van der Waals surface area (Å²) in [6.07, 6.45) is 6.44. The zero-order chi connectivity index (χ0) is 18.4. The maximum atomic E-state index is 12.3. The molecule has 0 radical (unpaired) electrons. The summed E-state index contributed by atoms with van der Waals surface area (Å²) < 4.78 is 5.01. The van der Waals surface area contributed by atoms with E-state index in [9.17, 15) is 4.79 Å². The third-order valence-corrected chi connectivity index (χ3v) is 5.65. The van der Waals surface area contributed by atoms with Crippen LogP contribution in [0.2, 0.25) is 0 Å². The first-order chi connectivity index (χ1) is 12.7. The van der Waals surface area contributed by atoms with E-state index in [-0.39, 0.29) is 11.8 Å². The van der Waals surface area contributed by atoms with Gasteiger partial charge >= 0.3 is 0 Å². The number of carbonyl (C=O) groups is 1. The van der Waals surface area contributed by atoms with Gasteiger partial charge in [0.05, 0.1) is 12.5 Å². The Kier molecular flexibility index (Phi) is 7.05. The van der Waals surface area contributed by atoms with Gasteiger partial charge < -0.3 is 15.0 Å². The normalized spacial score (nSPS) is 23.2. The fourth-order valence-electron chi connectivity index (χ4n) is 4.21. The molecule has 2 saturated heterocycles. The number of nitrogens with one attached hydrogen (secondary N) is 2. The van der Waals surface area contributed by atoms with E-state index in [1.165, 1.54) is 18.5 Å². The number of hydrogen-bond donors (Lipinski definition) is 2. The minimum Gasteiger partial charge on any atom is -0.383 e. The molecule has 0 aliphatic carbocycles. The number of aromatic amines is 1. The van der Waals surface area contributed by atoms with Crippen molar-refractivity contribution in [2.45, 2.75) is 45.2 Å². The Labute approximate surface area is 156 Å². The second-order valence-electron chi connectivity index (χ2n) is 7.62. The van der Waals surface area contributed by atoms with Crippen LogP contribution in [0, 0.1) is 12.8 Å². The van der Waals surface area contributed by atoms with E-state index in [0.717, 1.165) is 51.4 Å². The van der Waals surface area contributed by atoms with Gasteiger partial charge in [-0.05, 0) is 39.2 Å². The molecule has 2 fully saturated rings. The van der Waals surface area contributed by atoms with Crippen molar-refractivity contribution in [2.75, 3.05) is 46.4 Å². The highest BCUT2D eigenvalue weighted by Gasteiger charge is 2.31. The Bertz CT molecular complexity index is 568. The Morgan fingerprint density at radius 1 is 1.35 bits per heavy atom. The molecule has 1 aromatic rings. The first kappa shape index (κ1) is 19.3. The molecule has 3 heterocycles. The highest BCUT2D eigenvalue weighted by molar-refractivity contribution is 5.78. The van der Waals surface area contributed by atoms with Gasteiger partial charge in [0.15, 0.2) is 0 Å². The molecule has 2 aliphatic rings. The standard InChI is InChI=1S/C19H33N5O2/c1-15-21-12-17(22-15)14-23-9-5-18(6-10-23)24-8-3-4-16(13-24)19(25)20-7-11-26-2/h12,16,18H,3-11,13-14H2,1-2H3,(H,20,25)(H,21,22)/t16-/m0/s1. The number of amides is 1. The molecular weight excluding hydrogens is 330 g/mol. The highest BCUT2D eigenvalue weighted by Crippen LogP contribution is 2.24. The minimum absolute atomic E-state index is 0.131. The van der Waals surface area contributed by atoms with Gasteiger partial charge in [-0.3, -0.25) is 14.6 Å². The number of aryl methyl sites for hydroxylation is 1. The van der Waals surface area contributed by atoms with Gasteiger partial charge in [0.1, 0.15) is 5.82 Å². The molecule has 1 atom stereocenters. The lowest BCUT2D eigenvalue weighted by Gasteiger charge is -2.42. The molecule has 0 unspecified atom stereocenters. The molecule has 2 aliphatic heterocycles. The van der Waals surface area contributed by atoms with Gasteiger partial charge in [0.2, 0.25) is 5.91 Å². The number of carbonyl (C=O) groups excluding carboxylic acids is 1. The third kappa shape index (κ3) is 5.28. The molecular formula is C19H33N5O2. The smallest absolute Gasteiger partial charge is 0.224 e. The zero-order valence-corrected chi connectivity index (χ0v) is 16.2. The fourth-order valence-corrected chi connectivity index (χ4v) is 4.21. The van der Waals surface area contributed by atoms with Crippen molar-refractivity contribution in [1.82, 2.24) is 25.1 Å². The molecule has 2 N–H and O–H groups in total. The summed E-state index contributed by atoms with van der Waals surface area (Å²) in [4.78, 5) is 25.0. The third-order valence-electron chi connectivity index (χ3n) is 5.65. The topological polar surface area (TPSA) is 73.5 Å². The number of rotatable bonds is 7. The van der Waals surface area contributed by atoms with E-state index >= 15 is 0 Å². The molecule has 0 bridgehead atoms. The summed E-state index contributed by atoms with van der Waals surface area (Å²) in [7, 11) is 1.66. The van der Waals surface area contributed by atoms with E-state index in [2.05, 4.69) is 25.1 Å². The molecule has 3 rings (SSSR count). The average molecular weight is 364 g/mol. The van der Waals surface area contributed by atoms with E-state index in [1.54, 1.807) is 7.11 Å². The number of hydrogen-bond acceptors (Lipinski definition) is 5. The average Bonchev–Trinajstić information content (AvgIpc) is 3.07. The molecule has 146 valence electrons. The number of piperidine rings is 2. The molecule has 0 aromatic carbocycles. The van der Waals surface area contributed by atoms with Crippen LogP contribution in [0.3, 0.4) is 0 Å². The van der Waals surface area contributed by atoms with Crippen molar-refractivity contribution in [3.63, 3.8) is 0 Å². The molecule has 0 spiro atoms. The van der Waals surface area contributed by atoms with Crippen molar-refractivity contribution in [3.05, 3.63) is 17.7 Å². The van der Waals surface area contributed by atoms with Crippen LogP contribution < -0.4 is 5.32 Å². The second kappa shape index (κ2) is 9.48. The van der Waals surface area contributed by atoms with Crippen molar-refractivity contribution >= 4 is 5.91 Å². The van der Waals surface area contributed by atoms with Crippen molar-refractivity contribution in [1.29, 1.82) is 0 Å². The molecule has 1 aromatic heterocycles. The van der Waals surface area contributed by atoms with Crippen LogP contribution in [0.5, 0.6) is 0 Å². The van der Waals surface area contributed by atoms with Crippen LogP contribution in [-0.4, -0.2) is 78.2 Å². The summed E-state index contributed by atoms with van der Waals surface area (Å²) in [5.41, 5.74) is 1.20. The Morgan fingerprint density at radius 3 is 2.85 bits per heavy atom. The summed E-state index contributed by atoms with van der Waals surface area (Å²) >= 11 is 0. The largest absolute Gasteiger partial charge is 0.383 e. The van der Waals surface area contributed by atoms with E-state index in [0.29, 0.717) is 19.2 Å². The first-order valence-electron chi connectivity index (χ1n) is 9.89. The van der Waals surface area contributed by atoms with Crippen molar-refractivity contribution in [2.24, 2.45) is 5.92 Å². The second-order valence-corrected chi connectivity index (χ2v) is 7.62. The van der Waals surface area contributed by atoms with Crippen molar-refractivity contribution < 1.29 is 9.53 Å². The molecule has 0 saturated carbocycles. The Hall–Kier alpha value is -1.44. The molecule has 7 heteroatoms. The number of methoxy groups -OCH3 is 1. The van der Waals surface area contributed by atoms with Gasteiger partial charge in [-0.15, -0.1) is 0 Å². The molecule has 7 nitrogen and oxygen atoms in total. The van der Waals surface area contributed by atoms with E-state index in [1.807, 2.05) is 13.1 Å². The Balaban J connectivity index is 1.42. The quantitative estimate of drug-likeness (QED) is 0.711. The SMILES string of the molecule is COCCNC(=O)[C@H]1CCCN(C2CCN(Cc3cnc(C)[nH]3)CC2)C1. The van der Waals surface area contributed by atoms with E-state index < -0.39 is 0 Å². The minimum atomic E-state index is 0.131. The van der Waals surface area contributed by atoms with Crippen LogP contribution >= 0.6 is 0 Å². The van der Waals surface area contributed by atoms with Crippen LogP contribution in [0.15, 0.2) is 6.20 Å². The number of imidazole rings is 1. The van der Waals surface area contributed by atoms with Crippen LogP contribution in [0.25, 0.3) is 0 Å². The summed E-state index contributed by atoms with van der Waals surface area (Å²) in [5.74, 6) is 1.31. The highest BCUT2D eigenvalue weighted by atomic mass is 16.5. The summed E-state index contributed by atoms with van der Waals surface area (Å²) in [6, 6.07) is 0.615. The Morgan fingerprint density at radius 2 is 2.15 bits per heavy atom. The number of likely N-dealkylation sites (tertiary alicyclic amines) is 2. The maximum absolute atomic E-state index is 12.3. The van der Waals surface area contributed by atoms with Gasteiger partial charge in [0, 0.05) is 57.8 Å². The van der Waals surface area contributed by atoms with Crippen LogP contribution in [-0.2, 0) is 16.1 Å². The van der Waals surface area contributed by atoms with Crippen molar-refractivity contribution in [3.8, 4) is 0 Å². The predicted molar refractivity (Wildman–Crippen MR) is 101 cm³/mol. The van der Waals surface area contributed by atoms with Gasteiger partial charge in [-0.2, -0.15) is 0 Å².